The van der Waals surface area contributed by atoms with Gasteiger partial charge in [0.2, 0.25) is 5.95 Å². The smallest absolute Gasteiger partial charge is 0.326 e. The number of amides is 1. The Morgan fingerprint density at radius 1 is 1.17 bits per heavy atom. The number of hydrogen-bond acceptors (Lipinski definition) is 7. The Balaban J connectivity index is 1.77. The van der Waals surface area contributed by atoms with Crippen molar-refractivity contribution >= 4 is 40.4 Å². The fraction of sp³-hybridized carbons (Fsp3) is 0.261. The van der Waals surface area contributed by atoms with Gasteiger partial charge in [-0.15, -0.1) is 0 Å². The zero-order valence-corrected chi connectivity index (χ0v) is 18.7. The second kappa shape index (κ2) is 10.6. The number of H-pyrrole nitrogens is 1. The van der Waals surface area contributed by atoms with Crippen LogP contribution in [0.4, 0.5) is 16.0 Å². The number of nitrogen functional groups attached to an aromatic ring is 1. The lowest BCUT2D eigenvalue weighted by Crippen LogP contribution is -2.41. The number of hydrogen-bond donors (Lipinski definition) is 5. The zero-order chi connectivity index (χ0) is 25.7. The number of rotatable bonds is 10. The summed E-state index contributed by atoms with van der Waals surface area (Å²) in [7, 11) is 0. The first-order valence-corrected chi connectivity index (χ1v) is 10.6. The average Bonchev–Trinajstić information content (AvgIpc) is 2.79. The molecule has 0 spiro atoms. The van der Waals surface area contributed by atoms with Gasteiger partial charge in [-0.3, -0.25) is 19.4 Å². The van der Waals surface area contributed by atoms with Gasteiger partial charge in [-0.25, -0.2) is 14.2 Å². The molecular weight excluding hydrogens is 461 g/mol. The van der Waals surface area contributed by atoms with Crippen molar-refractivity contribution in [2.24, 2.45) is 0 Å². The minimum absolute atomic E-state index is 0.00468. The molecule has 3 aromatic rings. The van der Waals surface area contributed by atoms with Gasteiger partial charge in [0, 0.05) is 24.2 Å². The summed E-state index contributed by atoms with van der Waals surface area (Å²) in [6.45, 7) is 1.45. The van der Waals surface area contributed by atoms with Crippen molar-refractivity contribution in [1.82, 2.24) is 15.3 Å². The molecule has 1 aromatic heterocycles. The summed E-state index contributed by atoms with van der Waals surface area (Å²) in [5.74, 6) is -3.22. The lowest BCUT2D eigenvalue weighted by atomic mass is 10.1. The largest absolute Gasteiger partial charge is 0.481 e. The third-order valence-electron chi connectivity index (χ3n) is 5.28. The van der Waals surface area contributed by atoms with Crippen molar-refractivity contribution in [3.8, 4) is 0 Å². The fourth-order valence-electron chi connectivity index (χ4n) is 3.49. The number of carbonyl (C=O) groups excluding carboxylic acids is 1. The van der Waals surface area contributed by atoms with Crippen molar-refractivity contribution in [3.63, 3.8) is 0 Å². The predicted molar refractivity (Wildman–Crippen MR) is 126 cm³/mol. The van der Waals surface area contributed by atoms with E-state index in [1.54, 1.807) is 18.2 Å². The zero-order valence-electron chi connectivity index (χ0n) is 18.7. The van der Waals surface area contributed by atoms with E-state index in [4.69, 9.17) is 10.8 Å². The minimum Gasteiger partial charge on any atom is -0.481 e. The summed E-state index contributed by atoms with van der Waals surface area (Å²) in [6.07, 6.45) is -2.09. The van der Waals surface area contributed by atoms with Crippen LogP contribution in [0.5, 0.6) is 0 Å². The van der Waals surface area contributed by atoms with Gasteiger partial charge in [-0.05, 0) is 55.3 Å². The van der Waals surface area contributed by atoms with Crippen LogP contribution in [0.15, 0.2) is 47.3 Å². The monoisotopic (exact) mass is 485 g/mol. The third kappa shape index (κ3) is 6.31. The maximum absolute atomic E-state index is 14.5. The number of alkyl halides is 1. The molecule has 0 saturated heterocycles. The van der Waals surface area contributed by atoms with Gasteiger partial charge in [0.05, 0.1) is 10.9 Å². The van der Waals surface area contributed by atoms with E-state index in [-0.39, 0.29) is 24.5 Å². The maximum atomic E-state index is 14.5. The van der Waals surface area contributed by atoms with E-state index in [1.807, 2.05) is 0 Å². The highest BCUT2D eigenvalue weighted by Crippen LogP contribution is 2.23. The molecule has 184 valence electrons. The SMILES string of the molecule is CC(F)N(Cc1ccc2nc(N)[nH]c(=O)c2c1)c1ccc(C(=O)NC(CCC(=O)O)C(=O)O)cc1. The van der Waals surface area contributed by atoms with Gasteiger partial charge >= 0.3 is 11.9 Å². The number of aromatic nitrogens is 2. The van der Waals surface area contributed by atoms with Gasteiger partial charge < -0.3 is 26.2 Å². The molecule has 2 unspecified atom stereocenters. The molecule has 0 saturated carbocycles. The first-order valence-electron chi connectivity index (χ1n) is 10.6. The van der Waals surface area contributed by atoms with Crippen molar-refractivity contribution in [2.75, 3.05) is 10.6 Å². The first-order chi connectivity index (χ1) is 16.5. The van der Waals surface area contributed by atoms with Crippen LogP contribution < -0.4 is 21.5 Å². The van der Waals surface area contributed by atoms with Crippen LogP contribution in [0, 0.1) is 0 Å². The van der Waals surface area contributed by atoms with Crippen LogP contribution in [0.2, 0.25) is 0 Å². The van der Waals surface area contributed by atoms with E-state index in [0.717, 1.165) is 0 Å². The lowest BCUT2D eigenvalue weighted by Gasteiger charge is -2.26. The summed E-state index contributed by atoms with van der Waals surface area (Å²) in [5.41, 5.74) is 6.77. The van der Waals surface area contributed by atoms with Gasteiger partial charge in [0.15, 0.2) is 6.30 Å². The molecule has 35 heavy (non-hydrogen) atoms. The summed E-state index contributed by atoms with van der Waals surface area (Å²) in [6, 6.07) is 9.40. The van der Waals surface area contributed by atoms with Crippen LogP contribution in [0.3, 0.4) is 0 Å². The number of halogens is 1. The predicted octanol–water partition coefficient (Wildman–Crippen LogP) is 1.88. The fourth-order valence-corrected chi connectivity index (χ4v) is 3.49. The molecule has 2 atom stereocenters. The molecule has 1 amide bonds. The molecule has 0 aliphatic rings. The molecule has 2 aromatic carbocycles. The second-order valence-electron chi connectivity index (χ2n) is 7.85. The van der Waals surface area contributed by atoms with E-state index in [0.29, 0.717) is 22.2 Å². The number of anilines is 2. The molecule has 11 nitrogen and oxygen atoms in total. The lowest BCUT2D eigenvalue weighted by molar-refractivity contribution is -0.140. The molecule has 0 fully saturated rings. The van der Waals surface area contributed by atoms with E-state index in [2.05, 4.69) is 15.3 Å². The highest BCUT2D eigenvalue weighted by molar-refractivity contribution is 5.97. The number of nitrogens with one attached hydrogen (secondary N) is 2. The Kier molecular flexibility index (Phi) is 7.64. The molecule has 0 radical (unpaired) electrons. The summed E-state index contributed by atoms with van der Waals surface area (Å²) in [4.78, 5) is 54.5. The minimum atomic E-state index is -1.42. The number of carbonyl (C=O) groups is 3. The van der Waals surface area contributed by atoms with Crippen LogP contribution in [0.25, 0.3) is 10.9 Å². The number of fused-ring (bicyclic) bond motifs is 1. The Morgan fingerprint density at radius 3 is 2.46 bits per heavy atom. The van der Waals surface area contributed by atoms with Gasteiger partial charge in [0.25, 0.3) is 11.5 Å². The van der Waals surface area contributed by atoms with Crippen LogP contribution in [-0.4, -0.2) is 50.4 Å². The maximum Gasteiger partial charge on any atom is 0.326 e. The Hall–Kier alpha value is -4.48. The number of nitrogens with zero attached hydrogens (tertiary/aromatic N) is 2. The highest BCUT2D eigenvalue weighted by Gasteiger charge is 2.22. The summed E-state index contributed by atoms with van der Waals surface area (Å²) >= 11 is 0. The quantitative estimate of drug-likeness (QED) is 0.268. The highest BCUT2D eigenvalue weighted by atomic mass is 19.1. The van der Waals surface area contributed by atoms with Crippen LogP contribution in [-0.2, 0) is 16.1 Å². The molecule has 0 aliphatic carbocycles. The van der Waals surface area contributed by atoms with E-state index in [1.165, 1.54) is 36.1 Å². The molecule has 3 rings (SSSR count). The van der Waals surface area contributed by atoms with Crippen LogP contribution >= 0.6 is 0 Å². The molecule has 6 N–H and O–H groups in total. The number of aromatic amines is 1. The normalized spacial score (nSPS) is 12.6. The topological polar surface area (TPSA) is 179 Å². The van der Waals surface area contributed by atoms with Crippen molar-refractivity contribution in [3.05, 3.63) is 63.9 Å². The standard InChI is InChI=1S/C23H24FN5O6/c1-12(24)29(11-13-2-7-17-16(10-13)21(33)28-23(25)27-17)15-5-3-14(4-6-15)20(32)26-18(22(34)35)8-9-19(30)31/h2-7,10,12,18H,8-9,11H2,1H3,(H,26,32)(H,30,31)(H,34,35)(H3,25,27,28,33). The van der Waals surface area contributed by atoms with Crippen molar-refractivity contribution < 1.29 is 29.0 Å². The second-order valence-corrected chi connectivity index (χ2v) is 7.85. The molecule has 12 heteroatoms. The summed E-state index contributed by atoms with van der Waals surface area (Å²) in [5, 5.41) is 20.5. The number of aliphatic carboxylic acids is 2. The number of benzene rings is 2. The van der Waals surface area contributed by atoms with Crippen LogP contribution in [0.1, 0.15) is 35.7 Å². The van der Waals surface area contributed by atoms with E-state index < -0.39 is 42.2 Å². The van der Waals surface area contributed by atoms with Gasteiger partial charge in [-0.1, -0.05) is 6.07 Å². The molecule has 0 bridgehead atoms. The van der Waals surface area contributed by atoms with Crippen molar-refractivity contribution in [1.29, 1.82) is 0 Å². The molecule has 0 aliphatic heterocycles. The molecular formula is C23H24FN5O6. The summed E-state index contributed by atoms with van der Waals surface area (Å²) < 4.78 is 14.5. The van der Waals surface area contributed by atoms with Crippen molar-refractivity contribution in [2.45, 2.75) is 38.6 Å². The van der Waals surface area contributed by atoms with Gasteiger partial charge in [-0.2, -0.15) is 0 Å². The first kappa shape index (κ1) is 25.1. The average molecular weight is 485 g/mol. The Bertz CT molecular complexity index is 1310. The number of carboxylic acid groups (broad SMARTS) is 2. The number of nitrogens with two attached hydrogens (primary N) is 1. The van der Waals surface area contributed by atoms with E-state index in [9.17, 15) is 28.7 Å². The third-order valence-corrected chi connectivity index (χ3v) is 5.28. The molecule has 1 heterocycles. The van der Waals surface area contributed by atoms with E-state index >= 15 is 0 Å². The number of carboxylic acids is 2. The Morgan fingerprint density at radius 2 is 1.86 bits per heavy atom. The Labute approximate surface area is 198 Å². The van der Waals surface area contributed by atoms with Gasteiger partial charge in [0.1, 0.15) is 6.04 Å².